The van der Waals surface area contributed by atoms with Crippen LogP contribution in [0.2, 0.25) is 0 Å². The largest absolute Gasteiger partial charge is 0.480 e. The lowest BCUT2D eigenvalue weighted by Gasteiger charge is -2.27. The molecular weight excluding hydrogens is 214 g/mol. The van der Waals surface area contributed by atoms with Crippen LogP contribution < -0.4 is 5.32 Å². The maximum atomic E-state index is 11.7. The van der Waals surface area contributed by atoms with Crippen molar-refractivity contribution in [3.05, 3.63) is 0 Å². The van der Waals surface area contributed by atoms with E-state index in [1.165, 1.54) is 7.11 Å². The van der Waals surface area contributed by atoms with Crippen LogP contribution >= 0.6 is 0 Å². The number of aliphatic hydroxyl groups is 1. The van der Waals surface area contributed by atoms with Gasteiger partial charge in [-0.1, -0.05) is 6.92 Å². The van der Waals surface area contributed by atoms with Gasteiger partial charge in [-0.2, -0.15) is 0 Å². The zero-order chi connectivity index (χ0) is 12.8. The monoisotopic (exact) mass is 233 g/mol. The highest BCUT2D eigenvalue weighted by Crippen LogP contribution is 2.14. The Balaban J connectivity index is 4.56. The van der Waals surface area contributed by atoms with Gasteiger partial charge in [0.2, 0.25) is 0 Å². The van der Waals surface area contributed by atoms with Crippen molar-refractivity contribution in [2.24, 2.45) is 0 Å². The van der Waals surface area contributed by atoms with E-state index in [1.54, 1.807) is 13.8 Å². The summed E-state index contributed by atoms with van der Waals surface area (Å²) in [6.45, 7) is 3.05. The fourth-order valence-corrected chi connectivity index (χ4v) is 1.09. The molecule has 2 atom stereocenters. The third-order valence-electron chi connectivity index (χ3n) is 2.63. The molecule has 0 aromatic rings. The summed E-state index contributed by atoms with van der Waals surface area (Å²) in [6, 6.07) is -1.08. The molecule has 16 heavy (non-hydrogen) atoms. The number of amides is 1. The van der Waals surface area contributed by atoms with Gasteiger partial charge in [0.05, 0.1) is 0 Å². The maximum Gasteiger partial charge on any atom is 0.326 e. The number of ether oxygens (including phenoxy) is 1. The molecule has 0 aliphatic rings. The van der Waals surface area contributed by atoms with Crippen LogP contribution in [0.3, 0.4) is 0 Å². The fraction of sp³-hybridized carbons (Fsp3) is 0.800. The predicted molar refractivity (Wildman–Crippen MR) is 57.0 cm³/mol. The van der Waals surface area contributed by atoms with E-state index >= 15 is 0 Å². The van der Waals surface area contributed by atoms with Gasteiger partial charge in [-0.05, 0) is 13.3 Å². The smallest absolute Gasteiger partial charge is 0.326 e. The molecule has 94 valence electrons. The summed E-state index contributed by atoms with van der Waals surface area (Å²) in [5, 5.41) is 19.8. The van der Waals surface area contributed by atoms with Crippen LogP contribution in [0.4, 0.5) is 0 Å². The molecule has 0 radical (unpaired) electrons. The number of carbonyl (C=O) groups excluding carboxylic acids is 1. The second kappa shape index (κ2) is 6.44. The van der Waals surface area contributed by atoms with E-state index in [4.69, 9.17) is 14.9 Å². The Morgan fingerprint density at radius 3 is 2.38 bits per heavy atom. The molecule has 0 saturated carbocycles. The minimum absolute atomic E-state index is 0.0232. The molecule has 3 N–H and O–H groups in total. The summed E-state index contributed by atoms with van der Waals surface area (Å²) in [5.41, 5.74) is -1.04. The first-order chi connectivity index (χ1) is 7.41. The van der Waals surface area contributed by atoms with Gasteiger partial charge in [-0.3, -0.25) is 4.79 Å². The Bertz CT molecular complexity index is 250. The van der Waals surface area contributed by atoms with Crippen LogP contribution in [0.5, 0.6) is 0 Å². The molecular formula is C10H19NO5. The lowest BCUT2D eigenvalue weighted by Crippen LogP contribution is -2.51. The first-order valence-electron chi connectivity index (χ1n) is 5.11. The third kappa shape index (κ3) is 3.79. The summed E-state index contributed by atoms with van der Waals surface area (Å²) in [6.07, 6.45) is 0.408. The number of aliphatic hydroxyl groups excluding tert-OH is 1. The number of hydrogen-bond acceptors (Lipinski definition) is 4. The van der Waals surface area contributed by atoms with Gasteiger partial charge in [-0.25, -0.2) is 4.79 Å². The number of carbonyl (C=O) groups is 2. The van der Waals surface area contributed by atoms with Crippen LogP contribution in [-0.2, 0) is 14.3 Å². The lowest BCUT2D eigenvalue weighted by molar-refractivity contribution is -0.149. The molecule has 0 spiro atoms. The van der Waals surface area contributed by atoms with Gasteiger partial charge in [0.25, 0.3) is 5.91 Å². The van der Waals surface area contributed by atoms with Crippen LogP contribution in [0, 0.1) is 0 Å². The second-order valence-corrected chi connectivity index (χ2v) is 3.67. The van der Waals surface area contributed by atoms with Crippen molar-refractivity contribution in [3.8, 4) is 0 Å². The van der Waals surface area contributed by atoms with Crippen LogP contribution in [0.1, 0.15) is 26.7 Å². The topological polar surface area (TPSA) is 95.9 Å². The van der Waals surface area contributed by atoms with Gasteiger partial charge < -0.3 is 20.3 Å². The zero-order valence-corrected chi connectivity index (χ0v) is 9.82. The highest BCUT2D eigenvalue weighted by Gasteiger charge is 2.33. The van der Waals surface area contributed by atoms with Gasteiger partial charge in [0, 0.05) is 20.1 Å². The summed E-state index contributed by atoms with van der Waals surface area (Å²) < 4.78 is 5.04. The molecule has 0 aliphatic heterocycles. The molecule has 6 heteroatoms. The van der Waals surface area contributed by atoms with Crippen molar-refractivity contribution in [3.63, 3.8) is 0 Å². The number of aliphatic carboxylic acids is 1. The van der Waals surface area contributed by atoms with E-state index < -0.39 is 23.5 Å². The maximum absolute atomic E-state index is 11.7. The first kappa shape index (κ1) is 14.9. The number of nitrogens with one attached hydrogen (secondary N) is 1. The fourth-order valence-electron chi connectivity index (χ4n) is 1.09. The van der Waals surface area contributed by atoms with Crippen LogP contribution in [-0.4, -0.2) is 47.4 Å². The van der Waals surface area contributed by atoms with Crippen molar-refractivity contribution >= 4 is 11.9 Å². The Morgan fingerprint density at radius 1 is 1.50 bits per heavy atom. The van der Waals surface area contributed by atoms with Crippen molar-refractivity contribution in [1.82, 2.24) is 5.32 Å². The molecule has 0 heterocycles. The molecule has 0 fully saturated rings. The van der Waals surface area contributed by atoms with E-state index in [9.17, 15) is 9.59 Å². The summed E-state index contributed by atoms with van der Waals surface area (Å²) in [4.78, 5) is 22.5. The van der Waals surface area contributed by atoms with Gasteiger partial charge in [-0.15, -0.1) is 0 Å². The molecule has 0 rings (SSSR count). The van der Waals surface area contributed by atoms with Crippen LogP contribution in [0.25, 0.3) is 0 Å². The molecule has 1 amide bonds. The Labute approximate surface area is 94.6 Å². The molecule has 0 bridgehead atoms. The van der Waals surface area contributed by atoms with Crippen LogP contribution in [0.15, 0.2) is 0 Å². The van der Waals surface area contributed by atoms with Gasteiger partial charge >= 0.3 is 5.97 Å². The van der Waals surface area contributed by atoms with E-state index in [0.717, 1.165) is 0 Å². The molecule has 0 saturated heterocycles. The summed E-state index contributed by atoms with van der Waals surface area (Å²) in [7, 11) is 1.39. The first-order valence-corrected chi connectivity index (χ1v) is 5.11. The molecule has 0 aliphatic carbocycles. The molecule has 2 unspecified atom stereocenters. The average Bonchev–Trinajstić information content (AvgIpc) is 2.26. The third-order valence-corrected chi connectivity index (χ3v) is 2.63. The Kier molecular flexibility index (Phi) is 5.98. The predicted octanol–water partition coefficient (Wildman–Crippen LogP) is -0.247. The summed E-state index contributed by atoms with van der Waals surface area (Å²) in [5.74, 6) is -1.66. The van der Waals surface area contributed by atoms with E-state index in [0.29, 0.717) is 6.42 Å². The number of rotatable bonds is 7. The average molecular weight is 233 g/mol. The molecule has 6 nitrogen and oxygen atoms in total. The number of carboxylic acids is 1. The van der Waals surface area contributed by atoms with E-state index in [-0.39, 0.29) is 13.0 Å². The standard InChI is InChI=1S/C10H19NO5/c1-4-10(2,16-3)9(15)11-7(5-6-12)8(13)14/h7,12H,4-6H2,1-3H3,(H,11,15)(H,13,14). The Hall–Kier alpha value is -1.14. The highest BCUT2D eigenvalue weighted by molar-refractivity contribution is 5.88. The highest BCUT2D eigenvalue weighted by atomic mass is 16.5. The van der Waals surface area contributed by atoms with Crippen molar-refractivity contribution in [1.29, 1.82) is 0 Å². The normalized spacial score (nSPS) is 16.2. The number of hydrogen-bond donors (Lipinski definition) is 3. The van der Waals surface area contributed by atoms with E-state index in [1.807, 2.05) is 0 Å². The quantitative estimate of drug-likeness (QED) is 0.563. The number of methoxy groups -OCH3 is 1. The Morgan fingerprint density at radius 2 is 2.06 bits per heavy atom. The SMILES string of the molecule is CCC(C)(OC)C(=O)NC(CCO)C(=O)O. The minimum Gasteiger partial charge on any atom is -0.480 e. The minimum atomic E-state index is -1.17. The molecule has 0 aromatic carbocycles. The second-order valence-electron chi connectivity index (χ2n) is 3.67. The van der Waals surface area contributed by atoms with E-state index in [2.05, 4.69) is 5.32 Å². The van der Waals surface area contributed by atoms with Gasteiger partial charge in [0.15, 0.2) is 0 Å². The van der Waals surface area contributed by atoms with Crippen molar-refractivity contribution < 1.29 is 24.5 Å². The molecule has 0 aromatic heterocycles. The summed E-state index contributed by atoms with van der Waals surface area (Å²) >= 11 is 0. The number of carboxylic acid groups (broad SMARTS) is 1. The zero-order valence-electron chi connectivity index (χ0n) is 9.82. The lowest BCUT2D eigenvalue weighted by atomic mass is 10.0. The van der Waals surface area contributed by atoms with Crippen molar-refractivity contribution in [2.75, 3.05) is 13.7 Å². The van der Waals surface area contributed by atoms with Gasteiger partial charge in [0.1, 0.15) is 11.6 Å². The van der Waals surface area contributed by atoms with Crippen molar-refractivity contribution in [2.45, 2.75) is 38.3 Å².